The molecule has 1 fully saturated rings. The summed E-state index contributed by atoms with van der Waals surface area (Å²) in [6.45, 7) is 2.43. The van der Waals surface area contributed by atoms with Gasteiger partial charge in [-0.2, -0.15) is 10.2 Å². The van der Waals surface area contributed by atoms with Crippen LogP contribution in [0.5, 0.6) is 0 Å². The Balaban J connectivity index is 1.74. The molecule has 0 bridgehead atoms. The van der Waals surface area contributed by atoms with Gasteiger partial charge in [0.1, 0.15) is 0 Å². The van der Waals surface area contributed by atoms with E-state index in [2.05, 4.69) is 39.6 Å². The molecule has 0 aromatic carbocycles. The van der Waals surface area contributed by atoms with E-state index < -0.39 is 0 Å². The molecule has 2 aromatic rings. The van der Waals surface area contributed by atoms with Crippen molar-refractivity contribution in [2.75, 3.05) is 20.6 Å². The second-order valence-corrected chi connectivity index (χ2v) is 6.49. The van der Waals surface area contributed by atoms with Crippen LogP contribution in [0.2, 0.25) is 0 Å². The van der Waals surface area contributed by atoms with Crippen LogP contribution in [0.1, 0.15) is 35.3 Å². The lowest BCUT2D eigenvalue weighted by Crippen LogP contribution is -2.57. The largest absolute Gasteiger partial charge is 0.350 e. The number of H-pyrrole nitrogens is 1. The fraction of sp³-hybridized carbons (Fsp3) is 0.500. The summed E-state index contributed by atoms with van der Waals surface area (Å²) in [6, 6.07) is 2.94. The second kappa shape index (κ2) is 6.20. The van der Waals surface area contributed by atoms with E-state index in [-0.39, 0.29) is 17.0 Å². The average molecular weight is 330 g/mol. The van der Waals surface area contributed by atoms with Crippen LogP contribution in [0.25, 0.3) is 5.82 Å². The molecule has 8 nitrogen and oxygen atoms in total. The number of aromatic amines is 1. The van der Waals surface area contributed by atoms with E-state index in [9.17, 15) is 9.59 Å². The second-order valence-electron chi connectivity index (χ2n) is 6.49. The Hall–Kier alpha value is -2.48. The van der Waals surface area contributed by atoms with Crippen LogP contribution in [0.3, 0.4) is 0 Å². The highest BCUT2D eigenvalue weighted by Gasteiger charge is 2.39. The number of carbonyl (C=O) groups is 1. The van der Waals surface area contributed by atoms with Crippen molar-refractivity contribution in [2.24, 2.45) is 0 Å². The van der Waals surface area contributed by atoms with Gasteiger partial charge in [0.2, 0.25) is 0 Å². The molecule has 1 amide bonds. The summed E-state index contributed by atoms with van der Waals surface area (Å²) in [5.41, 5.74) is 0.979. The first kappa shape index (κ1) is 16.4. The van der Waals surface area contributed by atoms with Gasteiger partial charge in [-0.1, -0.05) is 0 Å². The molecule has 0 saturated heterocycles. The Morgan fingerprint density at radius 2 is 2.17 bits per heavy atom. The lowest BCUT2D eigenvalue weighted by molar-refractivity contribution is 0.0557. The predicted octanol–water partition coefficient (Wildman–Crippen LogP) is 0.478. The molecule has 0 aliphatic heterocycles. The van der Waals surface area contributed by atoms with Crippen LogP contribution in [0, 0.1) is 6.92 Å². The molecule has 1 aliphatic rings. The summed E-state index contributed by atoms with van der Waals surface area (Å²) < 4.78 is 1.54. The van der Waals surface area contributed by atoms with Crippen LogP contribution < -0.4 is 10.9 Å². The first-order chi connectivity index (χ1) is 11.4. The normalized spacial score (nSPS) is 16.0. The molecule has 3 rings (SSSR count). The average Bonchev–Trinajstić information content (AvgIpc) is 2.88. The molecule has 2 aromatic heterocycles. The van der Waals surface area contributed by atoms with Crippen LogP contribution in [0.4, 0.5) is 0 Å². The maximum Gasteiger partial charge on any atom is 0.264 e. The topological polar surface area (TPSA) is 95.9 Å². The molecule has 0 spiro atoms. The van der Waals surface area contributed by atoms with Crippen molar-refractivity contribution in [3.8, 4) is 5.82 Å². The molecule has 0 unspecified atom stereocenters. The van der Waals surface area contributed by atoms with Gasteiger partial charge in [-0.25, -0.2) is 9.78 Å². The quantitative estimate of drug-likeness (QED) is 0.831. The smallest absolute Gasteiger partial charge is 0.264 e. The molecule has 2 heterocycles. The zero-order valence-corrected chi connectivity index (χ0v) is 14.2. The molecule has 1 saturated carbocycles. The van der Waals surface area contributed by atoms with E-state index >= 15 is 0 Å². The molecule has 8 heteroatoms. The Bertz CT molecular complexity index is 783. The van der Waals surface area contributed by atoms with Gasteiger partial charge >= 0.3 is 0 Å². The highest BCUT2D eigenvalue weighted by Crippen LogP contribution is 2.35. The van der Waals surface area contributed by atoms with Crippen molar-refractivity contribution in [3.05, 3.63) is 39.9 Å². The number of nitrogens with one attached hydrogen (secondary N) is 2. The zero-order valence-electron chi connectivity index (χ0n) is 14.2. The van der Waals surface area contributed by atoms with Gasteiger partial charge in [0, 0.05) is 18.2 Å². The van der Waals surface area contributed by atoms with Gasteiger partial charge in [0.05, 0.1) is 17.5 Å². The maximum absolute atomic E-state index is 12.5. The van der Waals surface area contributed by atoms with Crippen molar-refractivity contribution in [1.82, 2.24) is 30.2 Å². The van der Waals surface area contributed by atoms with Gasteiger partial charge in [-0.15, -0.1) is 0 Å². The minimum Gasteiger partial charge on any atom is -0.350 e. The minimum absolute atomic E-state index is 0.0695. The summed E-state index contributed by atoms with van der Waals surface area (Å²) in [6.07, 6.45) is 4.92. The van der Waals surface area contributed by atoms with E-state index in [4.69, 9.17) is 0 Å². The molecule has 128 valence electrons. The minimum atomic E-state index is -0.281. The number of aromatic nitrogens is 4. The number of nitrogens with zero attached hydrogens (tertiary/aromatic N) is 4. The summed E-state index contributed by atoms with van der Waals surface area (Å²) in [5, 5.41) is 13.5. The van der Waals surface area contributed by atoms with Crippen molar-refractivity contribution < 1.29 is 4.79 Å². The predicted molar refractivity (Wildman–Crippen MR) is 89.3 cm³/mol. The SMILES string of the molecule is Cc1c(C(=O)NCC2(N(C)C)CCC2)cnn1-c1ccc(=O)[nH]n1. The number of carbonyl (C=O) groups excluding carboxylic acids is 1. The van der Waals surface area contributed by atoms with Gasteiger partial charge in [0.25, 0.3) is 11.5 Å². The Labute approximate surface area is 139 Å². The summed E-state index contributed by atoms with van der Waals surface area (Å²) >= 11 is 0. The van der Waals surface area contributed by atoms with Gasteiger partial charge in [-0.3, -0.25) is 9.59 Å². The Morgan fingerprint density at radius 3 is 2.71 bits per heavy atom. The molecule has 1 aliphatic carbocycles. The fourth-order valence-electron chi connectivity index (χ4n) is 3.03. The van der Waals surface area contributed by atoms with Crippen molar-refractivity contribution in [3.63, 3.8) is 0 Å². The molecule has 0 radical (unpaired) electrons. The summed E-state index contributed by atoms with van der Waals surface area (Å²) in [5.74, 6) is 0.325. The molecule has 0 atom stereocenters. The third-order valence-electron chi connectivity index (χ3n) is 4.95. The van der Waals surface area contributed by atoms with Gasteiger partial charge in [0.15, 0.2) is 5.82 Å². The highest BCUT2D eigenvalue weighted by molar-refractivity contribution is 5.95. The Morgan fingerprint density at radius 1 is 1.42 bits per heavy atom. The van der Waals surface area contributed by atoms with Gasteiger partial charge < -0.3 is 10.2 Å². The monoisotopic (exact) mass is 330 g/mol. The van der Waals surface area contributed by atoms with Crippen LogP contribution in [-0.4, -0.2) is 57.0 Å². The standard InChI is InChI=1S/C16H22N6O2/c1-11-12(9-18-22(11)13-5-6-14(23)20-19-13)15(24)17-10-16(21(2)3)7-4-8-16/h5-6,9H,4,7-8,10H2,1-3H3,(H,17,24)(H,20,23). The Kier molecular flexibility index (Phi) is 4.23. The first-order valence-corrected chi connectivity index (χ1v) is 7.99. The van der Waals surface area contributed by atoms with Crippen molar-refractivity contribution in [2.45, 2.75) is 31.7 Å². The van der Waals surface area contributed by atoms with Crippen LogP contribution in [-0.2, 0) is 0 Å². The molecular formula is C16H22N6O2. The number of amides is 1. The number of hydrogen-bond donors (Lipinski definition) is 2. The number of likely N-dealkylation sites (N-methyl/N-ethyl adjacent to an activating group) is 1. The highest BCUT2D eigenvalue weighted by atomic mass is 16.1. The molecule has 24 heavy (non-hydrogen) atoms. The molecule has 2 N–H and O–H groups in total. The van der Waals surface area contributed by atoms with E-state index in [0.717, 1.165) is 12.8 Å². The summed E-state index contributed by atoms with van der Waals surface area (Å²) in [7, 11) is 4.10. The number of hydrogen-bond acceptors (Lipinski definition) is 5. The third-order valence-corrected chi connectivity index (χ3v) is 4.95. The summed E-state index contributed by atoms with van der Waals surface area (Å²) in [4.78, 5) is 25.8. The van der Waals surface area contributed by atoms with Gasteiger partial charge in [-0.05, 0) is 46.3 Å². The lowest BCUT2D eigenvalue weighted by Gasteiger charge is -2.47. The van der Waals surface area contributed by atoms with Crippen LogP contribution in [0.15, 0.2) is 23.1 Å². The molecular weight excluding hydrogens is 308 g/mol. The third kappa shape index (κ3) is 2.84. The first-order valence-electron chi connectivity index (χ1n) is 7.99. The van der Waals surface area contributed by atoms with E-state index in [1.54, 1.807) is 13.0 Å². The maximum atomic E-state index is 12.5. The van der Waals surface area contributed by atoms with E-state index in [1.807, 2.05) is 0 Å². The van der Waals surface area contributed by atoms with Crippen molar-refractivity contribution >= 4 is 5.91 Å². The lowest BCUT2D eigenvalue weighted by atomic mass is 9.75. The zero-order chi connectivity index (χ0) is 17.3. The number of rotatable bonds is 5. The fourth-order valence-corrected chi connectivity index (χ4v) is 3.03. The van der Waals surface area contributed by atoms with Crippen LogP contribution >= 0.6 is 0 Å². The van der Waals surface area contributed by atoms with E-state index in [0.29, 0.717) is 23.6 Å². The van der Waals surface area contributed by atoms with Crippen molar-refractivity contribution in [1.29, 1.82) is 0 Å². The van der Waals surface area contributed by atoms with E-state index in [1.165, 1.54) is 23.4 Å².